The number of hydrogen-bond acceptors (Lipinski definition) is 5. The van der Waals surface area contributed by atoms with E-state index < -0.39 is 5.41 Å². The first kappa shape index (κ1) is 19.3. The van der Waals surface area contributed by atoms with Gasteiger partial charge in [0, 0.05) is 57.0 Å². The van der Waals surface area contributed by atoms with Crippen LogP contribution in [0.4, 0.5) is 0 Å². The zero-order chi connectivity index (χ0) is 19.6. The van der Waals surface area contributed by atoms with Crippen LogP contribution in [0.15, 0.2) is 18.5 Å². The summed E-state index contributed by atoms with van der Waals surface area (Å²) in [4.78, 5) is 43.5. The molecule has 0 bridgehead atoms. The van der Waals surface area contributed by atoms with E-state index >= 15 is 0 Å². The van der Waals surface area contributed by atoms with Gasteiger partial charge in [-0.1, -0.05) is 13.8 Å². The normalized spacial score (nSPS) is 23.3. The van der Waals surface area contributed by atoms with Crippen molar-refractivity contribution in [1.29, 1.82) is 0 Å². The number of nitrogens with zero attached hydrogens (tertiary/aromatic N) is 5. The topological polar surface area (TPSA) is 86.7 Å². The van der Waals surface area contributed by atoms with Crippen LogP contribution >= 0.6 is 0 Å². The van der Waals surface area contributed by atoms with Gasteiger partial charge in [0.1, 0.15) is 0 Å². The van der Waals surface area contributed by atoms with Crippen LogP contribution in [0.2, 0.25) is 0 Å². The lowest BCUT2D eigenvalue weighted by Gasteiger charge is -2.34. The molecule has 1 atom stereocenters. The average molecular weight is 373 g/mol. The van der Waals surface area contributed by atoms with Gasteiger partial charge in [-0.25, -0.2) is 0 Å². The maximum absolute atomic E-state index is 13.0. The zero-order valence-electron chi connectivity index (χ0n) is 16.2. The van der Waals surface area contributed by atoms with Crippen LogP contribution in [-0.4, -0.2) is 81.9 Å². The zero-order valence-corrected chi connectivity index (χ0v) is 16.2. The van der Waals surface area contributed by atoms with Gasteiger partial charge in [0.15, 0.2) is 0 Å². The van der Waals surface area contributed by atoms with Crippen LogP contribution in [0.25, 0.3) is 0 Å². The number of hydrogen-bond donors (Lipinski definition) is 0. The Hall–Kier alpha value is -2.51. The lowest BCUT2D eigenvalue weighted by molar-refractivity contribution is -0.135. The SMILES string of the molecule is CCN1C[C@@]2(CC1=O)CN(C(=O)c1ccnnc1)CCN(C(=O)C(C)C)C2. The summed E-state index contributed by atoms with van der Waals surface area (Å²) in [6.07, 6.45) is 3.31. The van der Waals surface area contributed by atoms with Gasteiger partial charge < -0.3 is 14.7 Å². The Morgan fingerprint density at radius 3 is 2.44 bits per heavy atom. The molecule has 1 aromatic heterocycles. The Morgan fingerprint density at radius 2 is 1.85 bits per heavy atom. The van der Waals surface area contributed by atoms with Gasteiger partial charge in [-0.3, -0.25) is 14.4 Å². The molecule has 8 heteroatoms. The van der Waals surface area contributed by atoms with Crippen molar-refractivity contribution in [2.45, 2.75) is 27.2 Å². The molecule has 0 unspecified atom stereocenters. The minimum absolute atomic E-state index is 0.0663. The van der Waals surface area contributed by atoms with E-state index in [0.717, 1.165) is 0 Å². The molecule has 2 saturated heterocycles. The summed E-state index contributed by atoms with van der Waals surface area (Å²) < 4.78 is 0. The van der Waals surface area contributed by atoms with Crippen molar-refractivity contribution in [3.05, 3.63) is 24.0 Å². The molecule has 2 fully saturated rings. The fourth-order valence-corrected chi connectivity index (χ4v) is 4.07. The molecule has 3 amide bonds. The van der Waals surface area contributed by atoms with Gasteiger partial charge in [-0.15, -0.1) is 0 Å². The Bertz CT molecular complexity index is 723. The highest BCUT2D eigenvalue weighted by atomic mass is 16.2. The van der Waals surface area contributed by atoms with Crippen molar-refractivity contribution >= 4 is 17.7 Å². The molecule has 0 aromatic carbocycles. The fraction of sp³-hybridized carbons (Fsp3) is 0.632. The van der Waals surface area contributed by atoms with Crippen molar-refractivity contribution in [3.63, 3.8) is 0 Å². The Labute approximate surface area is 159 Å². The third kappa shape index (κ3) is 3.94. The molecule has 2 aliphatic rings. The highest BCUT2D eigenvalue weighted by Gasteiger charge is 2.47. The number of carbonyl (C=O) groups is 3. The number of amides is 3. The van der Waals surface area contributed by atoms with Crippen LogP contribution in [0.5, 0.6) is 0 Å². The van der Waals surface area contributed by atoms with Gasteiger partial charge >= 0.3 is 0 Å². The molecule has 3 rings (SSSR count). The summed E-state index contributed by atoms with van der Waals surface area (Å²) in [7, 11) is 0. The van der Waals surface area contributed by atoms with Crippen molar-refractivity contribution < 1.29 is 14.4 Å². The second kappa shape index (κ2) is 7.62. The maximum atomic E-state index is 13.0. The molecular weight excluding hydrogens is 346 g/mol. The van der Waals surface area contributed by atoms with Crippen molar-refractivity contribution in [2.75, 3.05) is 39.3 Å². The van der Waals surface area contributed by atoms with E-state index in [0.29, 0.717) is 51.3 Å². The van der Waals surface area contributed by atoms with Gasteiger partial charge in [0.25, 0.3) is 5.91 Å². The van der Waals surface area contributed by atoms with E-state index in [1.54, 1.807) is 11.0 Å². The second-order valence-corrected chi connectivity index (χ2v) is 7.86. The molecule has 0 N–H and O–H groups in total. The molecule has 0 saturated carbocycles. The van der Waals surface area contributed by atoms with E-state index in [1.165, 1.54) is 12.4 Å². The Kier molecular flexibility index (Phi) is 5.43. The quantitative estimate of drug-likeness (QED) is 0.777. The van der Waals surface area contributed by atoms with Gasteiger partial charge in [0.05, 0.1) is 18.0 Å². The minimum Gasteiger partial charge on any atom is -0.342 e. The summed E-state index contributed by atoms with van der Waals surface area (Å²) in [6, 6.07) is 1.64. The number of rotatable bonds is 3. The number of carbonyl (C=O) groups excluding carboxylic acids is 3. The molecule has 2 aliphatic heterocycles. The van der Waals surface area contributed by atoms with E-state index in [2.05, 4.69) is 10.2 Å². The molecule has 8 nitrogen and oxygen atoms in total. The molecule has 1 spiro atoms. The summed E-state index contributed by atoms with van der Waals surface area (Å²) in [5, 5.41) is 7.52. The van der Waals surface area contributed by atoms with E-state index in [9.17, 15) is 14.4 Å². The van der Waals surface area contributed by atoms with Crippen LogP contribution in [-0.2, 0) is 9.59 Å². The van der Waals surface area contributed by atoms with Crippen LogP contribution in [0.1, 0.15) is 37.6 Å². The van der Waals surface area contributed by atoms with E-state index in [4.69, 9.17) is 0 Å². The third-order valence-electron chi connectivity index (χ3n) is 5.40. The second-order valence-electron chi connectivity index (χ2n) is 7.86. The minimum atomic E-state index is -0.426. The Morgan fingerprint density at radius 1 is 1.15 bits per heavy atom. The maximum Gasteiger partial charge on any atom is 0.255 e. The molecule has 0 aliphatic carbocycles. The molecule has 0 radical (unpaired) electrons. The van der Waals surface area contributed by atoms with Crippen molar-refractivity contribution in [1.82, 2.24) is 24.9 Å². The molecule has 27 heavy (non-hydrogen) atoms. The number of likely N-dealkylation sites (tertiary alicyclic amines) is 1. The predicted octanol–water partition coefficient (Wildman–Crippen LogP) is 0.656. The largest absolute Gasteiger partial charge is 0.342 e. The van der Waals surface area contributed by atoms with E-state index in [1.807, 2.05) is 30.6 Å². The van der Waals surface area contributed by atoms with E-state index in [-0.39, 0.29) is 23.6 Å². The standard InChI is InChI=1S/C19H27N5O3/c1-4-22-11-19(9-16(22)25)12-23(17(26)14(2)3)7-8-24(13-19)18(27)15-5-6-20-21-10-15/h5-6,10,14H,4,7-9,11-13H2,1-3H3/t19-/m1/s1. The summed E-state index contributed by atoms with van der Waals surface area (Å²) in [5.41, 5.74) is 0.0463. The lowest BCUT2D eigenvalue weighted by atomic mass is 9.85. The van der Waals surface area contributed by atoms with Crippen LogP contribution in [0.3, 0.4) is 0 Å². The highest BCUT2D eigenvalue weighted by molar-refractivity contribution is 5.94. The van der Waals surface area contributed by atoms with Gasteiger partial charge in [0.2, 0.25) is 11.8 Å². The smallest absolute Gasteiger partial charge is 0.255 e. The summed E-state index contributed by atoms with van der Waals surface area (Å²) in [5.74, 6) is -0.0930. The first-order valence-corrected chi connectivity index (χ1v) is 9.48. The predicted molar refractivity (Wildman–Crippen MR) is 98.7 cm³/mol. The molecule has 146 valence electrons. The lowest BCUT2D eigenvalue weighted by Crippen LogP contribution is -2.46. The fourth-order valence-electron chi connectivity index (χ4n) is 4.07. The average Bonchev–Trinajstić information content (AvgIpc) is 2.86. The van der Waals surface area contributed by atoms with Crippen molar-refractivity contribution in [3.8, 4) is 0 Å². The molecule has 3 heterocycles. The van der Waals surface area contributed by atoms with Crippen molar-refractivity contribution in [2.24, 2.45) is 11.3 Å². The van der Waals surface area contributed by atoms with Crippen LogP contribution in [0, 0.1) is 11.3 Å². The third-order valence-corrected chi connectivity index (χ3v) is 5.40. The van der Waals surface area contributed by atoms with Gasteiger partial charge in [-0.2, -0.15) is 10.2 Å². The Balaban J connectivity index is 1.89. The summed E-state index contributed by atoms with van der Waals surface area (Å²) in [6.45, 7) is 8.81. The first-order chi connectivity index (χ1) is 12.8. The highest BCUT2D eigenvalue weighted by Crippen LogP contribution is 2.35. The van der Waals surface area contributed by atoms with Gasteiger partial charge in [-0.05, 0) is 13.0 Å². The number of aromatic nitrogens is 2. The molecular formula is C19H27N5O3. The first-order valence-electron chi connectivity index (χ1n) is 9.48. The summed E-state index contributed by atoms with van der Waals surface area (Å²) >= 11 is 0. The monoisotopic (exact) mass is 373 g/mol. The molecule has 1 aromatic rings. The van der Waals surface area contributed by atoms with Crippen LogP contribution < -0.4 is 0 Å².